The topological polar surface area (TPSA) is 52.0 Å². The Morgan fingerprint density at radius 2 is 2.14 bits per heavy atom. The van der Waals surface area contributed by atoms with E-state index in [1.165, 1.54) is 11.3 Å². The first-order valence-electron chi connectivity index (χ1n) is 7.83. The fourth-order valence-corrected chi connectivity index (χ4v) is 3.05. The summed E-state index contributed by atoms with van der Waals surface area (Å²) in [6.45, 7) is 5.40. The van der Waals surface area contributed by atoms with Gasteiger partial charge in [-0.25, -0.2) is 4.98 Å². The van der Waals surface area contributed by atoms with Crippen molar-refractivity contribution >= 4 is 5.82 Å². The van der Waals surface area contributed by atoms with Crippen LogP contribution in [0.2, 0.25) is 0 Å². The second-order valence-corrected chi connectivity index (χ2v) is 6.69. The summed E-state index contributed by atoms with van der Waals surface area (Å²) >= 11 is 0. The smallest absolute Gasteiger partial charge is 0.144 e. The summed E-state index contributed by atoms with van der Waals surface area (Å²) in [6, 6.07) is 4.64. The Balaban J connectivity index is 2.21. The first kappa shape index (κ1) is 15.8. The molecule has 0 fully saturated rings. The quantitative estimate of drug-likeness (QED) is 0.873. The maximum atomic E-state index is 9.39. The number of nitrogens with one attached hydrogen (secondary N) is 1. The van der Waals surface area contributed by atoms with Crippen molar-refractivity contribution in [1.82, 2.24) is 9.88 Å². The monoisotopic (exact) mass is 286 g/mol. The maximum absolute atomic E-state index is 9.39. The number of aromatic nitrogens is 1. The van der Waals surface area contributed by atoms with Gasteiger partial charge >= 0.3 is 0 Å². The lowest BCUT2D eigenvalue weighted by atomic mass is 10.0. The van der Waals surface area contributed by atoms with E-state index in [-0.39, 0.29) is 0 Å². The van der Waals surface area contributed by atoms with E-state index < -0.39 is 0 Å². The summed E-state index contributed by atoms with van der Waals surface area (Å²) in [7, 11) is 4.16. The highest BCUT2D eigenvalue weighted by molar-refractivity contribution is 5.55. The Hall–Kier alpha value is -1.60. The number of aryl methyl sites for hydroxylation is 2. The number of likely N-dealkylation sites (N-methyl/N-ethyl adjacent to an activating group) is 1. The fourth-order valence-electron chi connectivity index (χ4n) is 3.05. The molecule has 1 aromatic heterocycles. The molecule has 4 heteroatoms. The number of pyridine rings is 1. The molecule has 1 unspecified atom stereocenters. The molecule has 1 aromatic rings. The van der Waals surface area contributed by atoms with E-state index in [1.54, 1.807) is 0 Å². The second-order valence-electron chi connectivity index (χ2n) is 6.69. The Labute approximate surface area is 128 Å². The largest absolute Gasteiger partial charge is 0.365 e. The molecule has 1 heterocycles. The molecule has 0 aliphatic heterocycles. The molecular formula is C17H26N4. The van der Waals surface area contributed by atoms with Gasteiger partial charge in [0.15, 0.2) is 0 Å². The fraction of sp³-hybridized carbons (Fsp3) is 0.647. The maximum Gasteiger partial charge on any atom is 0.144 e. The third-order valence-electron chi connectivity index (χ3n) is 3.85. The van der Waals surface area contributed by atoms with Crippen molar-refractivity contribution in [2.75, 3.05) is 26.0 Å². The van der Waals surface area contributed by atoms with Crippen molar-refractivity contribution in [1.29, 1.82) is 5.26 Å². The Morgan fingerprint density at radius 1 is 1.38 bits per heavy atom. The van der Waals surface area contributed by atoms with Gasteiger partial charge in [0.05, 0.1) is 5.56 Å². The van der Waals surface area contributed by atoms with E-state index >= 15 is 0 Å². The van der Waals surface area contributed by atoms with Gasteiger partial charge in [-0.1, -0.05) is 13.8 Å². The molecule has 0 saturated heterocycles. The summed E-state index contributed by atoms with van der Waals surface area (Å²) in [6.07, 6.45) is 4.33. The van der Waals surface area contributed by atoms with Gasteiger partial charge in [0, 0.05) is 18.3 Å². The molecule has 0 bridgehead atoms. The molecule has 1 N–H and O–H groups in total. The Morgan fingerprint density at radius 3 is 2.76 bits per heavy atom. The van der Waals surface area contributed by atoms with Gasteiger partial charge in [0.2, 0.25) is 0 Å². The molecule has 0 saturated carbocycles. The summed E-state index contributed by atoms with van der Waals surface area (Å²) in [4.78, 5) is 6.91. The Kier molecular flexibility index (Phi) is 5.19. The van der Waals surface area contributed by atoms with Crippen LogP contribution < -0.4 is 5.32 Å². The molecule has 2 rings (SSSR count). The molecule has 21 heavy (non-hydrogen) atoms. The van der Waals surface area contributed by atoms with Crippen LogP contribution in [0.25, 0.3) is 0 Å². The normalized spacial score (nSPS) is 15.1. The summed E-state index contributed by atoms with van der Waals surface area (Å²) < 4.78 is 0. The minimum Gasteiger partial charge on any atom is -0.365 e. The Bertz CT molecular complexity index is 518. The minimum absolute atomic E-state index is 0.319. The van der Waals surface area contributed by atoms with Crippen molar-refractivity contribution in [2.45, 2.75) is 45.6 Å². The van der Waals surface area contributed by atoms with Crippen molar-refractivity contribution < 1.29 is 0 Å². The predicted octanol–water partition coefficient (Wildman–Crippen LogP) is 2.83. The number of fused-ring (bicyclic) bond motifs is 1. The van der Waals surface area contributed by atoms with Gasteiger partial charge < -0.3 is 10.2 Å². The van der Waals surface area contributed by atoms with Crippen molar-refractivity contribution in [3.63, 3.8) is 0 Å². The van der Waals surface area contributed by atoms with Crippen LogP contribution in [0.3, 0.4) is 0 Å². The molecule has 0 amide bonds. The molecule has 1 atom stereocenters. The van der Waals surface area contributed by atoms with E-state index in [0.717, 1.165) is 38.0 Å². The van der Waals surface area contributed by atoms with E-state index in [0.29, 0.717) is 17.5 Å². The molecule has 114 valence electrons. The lowest BCUT2D eigenvalue weighted by Crippen LogP contribution is -2.34. The number of rotatable bonds is 6. The highest BCUT2D eigenvalue weighted by Crippen LogP contribution is 2.25. The average molecular weight is 286 g/mol. The van der Waals surface area contributed by atoms with Gasteiger partial charge in [-0.05, 0) is 57.3 Å². The van der Waals surface area contributed by atoms with Crippen LogP contribution in [0.15, 0.2) is 6.07 Å². The standard InChI is InChI=1S/C17H26N4/c1-12(2)8-15(11-21(3)4)19-17-14(10-18)9-13-6-5-7-16(13)20-17/h9,12,15H,5-8,11H2,1-4H3,(H,19,20). The predicted molar refractivity (Wildman–Crippen MR) is 86.4 cm³/mol. The van der Waals surface area contributed by atoms with Gasteiger partial charge in [0.25, 0.3) is 0 Å². The number of anilines is 1. The minimum atomic E-state index is 0.319. The summed E-state index contributed by atoms with van der Waals surface area (Å²) in [5.41, 5.74) is 3.11. The van der Waals surface area contributed by atoms with Gasteiger partial charge in [-0.3, -0.25) is 0 Å². The zero-order valence-electron chi connectivity index (χ0n) is 13.6. The lowest BCUT2D eigenvalue weighted by molar-refractivity contribution is 0.356. The summed E-state index contributed by atoms with van der Waals surface area (Å²) in [5, 5.41) is 12.9. The van der Waals surface area contributed by atoms with Gasteiger partial charge in [-0.15, -0.1) is 0 Å². The van der Waals surface area contributed by atoms with Crippen LogP contribution in [0.5, 0.6) is 0 Å². The van der Waals surface area contributed by atoms with Crippen LogP contribution in [0, 0.1) is 17.2 Å². The molecule has 1 aliphatic carbocycles. The van der Waals surface area contributed by atoms with E-state index in [2.05, 4.69) is 44.2 Å². The van der Waals surface area contributed by atoms with Crippen LogP contribution in [0.1, 0.15) is 43.5 Å². The van der Waals surface area contributed by atoms with Crippen LogP contribution in [0.4, 0.5) is 5.82 Å². The van der Waals surface area contributed by atoms with E-state index in [9.17, 15) is 5.26 Å². The number of nitrogens with zero attached hydrogens (tertiary/aromatic N) is 3. The first-order valence-corrected chi connectivity index (χ1v) is 7.83. The van der Waals surface area contributed by atoms with Crippen LogP contribution >= 0.6 is 0 Å². The zero-order valence-corrected chi connectivity index (χ0v) is 13.6. The van der Waals surface area contributed by atoms with Gasteiger partial charge in [0.1, 0.15) is 11.9 Å². The average Bonchev–Trinajstić information content (AvgIpc) is 2.83. The third kappa shape index (κ3) is 4.18. The van der Waals surface area contributed by atoms with Crippen LogP contribution in [-0.2, 0) is 12.8 Å². The number of hydrogen-bond donors (Lipinski definition) is 1. The zero-order chi connectivity index (χ0) is 15.4. The third-order valence-corrected chi connectivity index (χ3v) is 3.85. The highest BCUT2D eigenvalue weighted by Gasteiger charge is 2.19. The van der Waals surface area contributed by atoms with Crippen molar-refractivity contribution in [3.8, 4) is 6.07 Å². The molecule has 0 radical (unpaired) electrons. The van der Waals surface area contributed by atoms with Crippen molar-refractivity contribution in [3.05, 3.63) is 22.9 Å². The number of nitriles is 1. The molecule has 0 aromatic carbocycles. The first-order chi connectivity index (χ1) is 9.99. The molecule has 0 spiro atoms. The molecular weight excluding hydrogens is 260 g/mol. The molecule has 4 nitrogen and oxygen atoms in total. The van der Waals surface area contributed by atoms with Crippen LogP contribution in [-0.4, -0.2) is 36.6 Å². The van der Waals surface area contributed by atoms with Gasteiger partial charge in [-0.2, -0.15) is 5.26 Å². The molecule has 1 aliphatic rings. The van der Waals surface area contributed by atoms with E-state index in [4.69, 9.17) is 4.98 Å². The van der Waals surface area contributed by atoms with E-state index in [1.807, 2.05) is 6.07 Å². The lowest BCUT2D eigenvalue weighted by Gasteiger charge is -2.25. The summed E-state index contributed by atoms with van der Waals surface area (Å²) in [5.74, 6) is 1.38. The highest BCUT2D eigenvalue weighted by atomic mass is 15.1. The SMILES string of the molecule is CC(C)CC(CN(C)C)Nc1nc2c(cc1C#N)CCC2. The number of hydrogen-bond acceptors (Lipinski definition) is 4. The second kappa shape index (κ2) is 6.91. The van der Waals surface area contributed by atoms with Crippen molar-refractivity contribution in [2.24, 2.45) is 5.92 Å².